The van der Waals surface area contributed by atoms with Gasteiger partial charge in [-0.25, -0.2) is 9.18 Å². The second-order valence-corrected chi connectivity index (χ2v) is 8.19. The Morgan fingerprint density at radius 1 is 1.15 bits per heavy atom. The molecule has 2 aromatic carbocycles. The van der Waals surface area contributed by atoms with Crippen molar-refractivity contribution in [1.82, 2.24) is 25.7 Å². The highest BCUT2D eigenvalue weighted by molar-refractivity contribution is 5.89. The van der Waals surface area contributed by atoms with Gasteiger partial charge in [0.2, 0.25) is 11.8 Å². The van der Waals surface area contributed by atoms with Gasteiger partial charge >= 0.3 is 6.03 Å². The topological polar surface area (TPSA) is 112 Å². The summed E-state index contributed by atoms with van der Waals surface area (Å²) < 4.78 is 19.7. The largest absolute Gasteiger partial charge is 0.421 e. The Bertz CT molecular complexity index is 1150. The Morgan fingerprint density at radius 2 is 1.94 bits per heavy atom. The lowest BCUT2D eigenvalue weighted by molar-refractivity contribution is -0.129. The predicted molar refractivity (Wildman–Crippen MR) is 118 cm³/mol. The van der Waals surface area contributed by atoms with Gasteiger partial charge in [-0.15, -0.1) is 10.2 Å². The van der Waals surface area contributed by atoms with E-state index in [1.165, 1.54) is 6.07 Å². The second kappa shape index (κ2) is 8.99. The SMILES string of the molecule is O=C(Nc1ccccc1)N[C@H]1C[C@H]2C(=O)NC[C@@H](Cc3nnc(-c4ccccc4F)o3)N2C1. The minimum absolute atomic E-state index is 0.0587. The Morgan fingerprint density at radius 3 is 2.76 bits per heavy atom. The van der Waals surface area contributed by atoms with Crippen LogP contribution >= 0.6 is 0 Å². The van der Waals surface area contributed by atoms with Gasteiger partial charge in [-0.1, -0.05) is 30.3 Å². The molecule has 0 saturated carbocycles. The van der Waals surface area contributed by atoms with Crippen LogP contribution in [0.4, 0.5) is 14.9 Å². The number of hydrogen-bond acceptors (Lipinski definition) is 6. The number of nitrogens with zero attached hydrogens (tertiary/aromatic N) is 3. The summed E-state index contributed by atoms with van der Waals surface area (Å²) in [6.45, 7) is 0.953. The van der Waals surface area contributed by atoms with Gasteiger partial charge in [0.25, 0.3) is 5.89 Å². The number of anilines is 1. The quantitative estimate of drug-likeness (QED) is 0.549. The lowest BCUT2D eigenvalue weighted by atomic mass is 10.1. The number of nitrogens with one attached hydrogen (secondary N) is 3. The highest BCUT2D eigenvalue weighted by atomic mass is 19.1. The highest BCUT2D eigenvalue weighted by Gasteiger charge is 2.44. The molecule has 9 nitrogen and oxygen atoms in total. The van der Waals surface area contributed by atoms with Crippen molar-refractivity contribution in [1.29, 1.82) is 0 Å². The lowest BCUT2D eigenvalue weighted by Crippen LogP contribution is -2.58. The molecule has 5 rings (SSSR count). The number of aromatic nitrogens is 2. The normalized spacial score (nSPS) is 22.5. The van der Waals surface area contributed by atoms with Gasteiger partial charge in [0.1, 0.15) is 5.82 Å². The lowest BCUT2D eigenvalue weighted by Gasteiger charge is -2.36. The van der Waals surface area contributed by atoms with Gasteiger partial charge in [-0.05, 0) is 30.7 Å². The van der Waals surface area contributed by atoms with Crippen LogP contribution in [0.25, 0.3) is 11.5 Å². The first-order valence-electron chi connectivity index (χ1n) is 10.8. The first-order chi connectivity index (χ1) is 16.1. The zero-order valence-electron chi connectivity index (χ0n) is 17.7. The summed E-state index contributed by atoms with van der Waals surface area (Å²) in [6.07, 6.45) is 0.913. The zero-order valence-corrected chi connectivity index (χ0v) is 17.7. The van der Waals surface area contributed by atoms with Crippen molar-refractivity contribution < 1.29 is 18.4 Å². The molecule has 0 unspecified atom stereocenters. The summed E-state index contributed by atoms with van der Waals surface area (Å²) in [5, 5.41) is 16.7. The zero-order chi connectivity index (χ0) is 22.8. The predicted octanol–water partition coefficient (Wildman–Crippen LogP) is 2.18. The summed E-state index contributed by atoms with van der Waals surface area (Å²) in [5.74, 6) is 0.000879. The monoisotopic (exact) mass is 450 g/mol. The molecule has 2 saturated heterocycles. The van der Waals surface area contributed by atoms with Gasteiger partial charge in [-0.3, -0.25) is 9.69 Å². The molecule has 10 heteroatoms. The van der Waals surface area contributed by atoms with E-state index in [-0.39, 0.29) is 41.5 Å². The van der Waals surface area contributed by atoms with Crippen LogP contribution in [0.5, 0.6) is 0 Å². The van der Waals surface area contributed by atoms with Crippen LogP contribution in [0.3, 0.4) is 0 Å². The maximum atomic E-state index is 14.0. The number of para-hydroxylation sites is 1. The average Bonchev–Trinajstić information content (AvgIpc) is 3.44. The molecule has 33 heavy (non-hydrogen) atoms. The molecule has 0 aliphatic carbocycles. The van der Waals surface area contributed by atoms with E-state index in [1.54, 1.807) is 30.3 Å². The van der Waals surface area contributed by atoms with E-state index in [1.807, 2.05) is 18.2 Å². The Labute approximate surface area is 189 Å². The van der Waals surface area contributed by atoms with Crippen molar-refractivity contribution in [3.63, 3.8) is 0 Å². The molecule has 3 aromatic rings. The third-order valence-corrected chi connectivity index (χ3v) is 5.97. The van der Waals surface area contributed by atoms with Crippen molar-refractivity contribution in [2.75, 3.05) is 18.4 Å². The number of piperazine rings is 1. The van der Waals surface area contributed by atoms with E-state index in [4.69, 9.17) is 4.42 Å². The van der Waals surface area contributed by atoms with Crippen molar-refractivity contribution >= 4 is 17.6 Å². The molecule has 170 valence electrons. The van der Waals surface area contributed by atoms with Crippen LogP contribution in [-0.4, -0.2) is 58.3 Å². The number of benzene rings is 2. The average molecular weight is 450 g/mol. The first kappa shape index (κ1) is 21.1. The summed E-state index contributed by atoms with van der Waals surface area (Å²) in [6, 6.07) is 14.5. The van der Waals surface area contributed by atoms with Gasteiger partial charge in [0.05, 0.1) is 11.6 Å². The van der Waals surface area contributed by atoms with E-state index >= 15 is 0 Å². The molecule has 1 aromatic heterocycles. The number of amides is 3. The molecule has 0 bridgehead atoms. The molecule has 2 aliphatic heterocycles. The molecule has 3 heterocycles. The van der Waals surface area contributed by atoms with E-state index < -0.39 is 5.82 Å². The Kier molecular flexibility index (Phi) is 5.74. The van der Waals surface area contributed by atoms with Crippen LogP contribution < -0.4 is 16.0 Å². The van der Waals surface area contributed by atoms with E-state index in [2.05, 4.69) is 31.0 Å². The Hall–Kier alpha value is -3.79. The second-order valence-electron chi connectivity index (χ2n) is 8.19. The van der Waals surface area contributed by atoms with Crippen molar-refractivity contribution in [2.24, 2.45) is 0 Å². The molecule has 0 radical (unpaired) electrons. The fourth-order valence-electron chi connectivity index (χ4n) is 4.43. The summed E-state index contributed by atoms with van der Waals surface area (Å²) >= 11 is 0. The van der Waals surface area contributed by atoms with Crippen LogP contribution in [0.2, 0.25) is 0 Å². The van der Waals surface area contributed by atoms with Gasteiger partial charge in [0.15, 0.2) is 0 Å². The van der Waals surface area contributed by atoms with Gasteiger partial charge in [-0.2, -0.15) is 0 Å². The van der Waals surface area contributed by atoms with Crippen molar-refractivity contribution in [3.05, 3.63) is 66.3 Å². The number of fused-ring (bicyclic) bond motifs is 1. The molecule has 3 atom stereocenters. The number of hydrogen-bond donors (Lipinski definition) is 3. The van der Waals surface area contributed by atoms with Crippen LogP contribution in [0.1, 0.15) is 12.3 Å². The fourth-order valence-corrected chi connectivity index (χ4v) is 4.43. The number of urea groups is 1. The van der Waals surface area contributed by atoms with Crippen molar-refractivity contribution in [2.45, 2.75) is 31.0 Å². The minimum atomic E-state index is -0.431. The number of carbonyl (C=O) groups excluding carboxylic acids is 2. The summed E-state index contributed by atoms with van der Waals surface area (Å²) in [4.78, 5) is 26.9. The minimum Gasteiger partial charge on any atom is -0.421 e. The summed E-state index contributed by atoms with van der Waals surface area (Å²) in [7, 11) is 0. The Balaban J connectivity index is 1.24. The maximum Gasteiger partial charge on any atom is 0.319 e. The van der Waals surface area contributed by atoms with Crippen LogP contribution in [0, 0.1) is 5.82 Å². The molecule has 0 spiro atoms. The highest BCUT2D eigenvalue weighted by Crippen LogP contribution is 2.27. The first-order valence-corrected chi connectivity index (χ1v) is 10.8. The van der Waals surface area contributed by atoms with Crippen LogP contribution in [-0.2, 0) is 11.2 Å². The number of rotatable bonds is 5. The molecule has 3 N–H and O–H groups in total. The van der Waals surface area contributed by atoms with Crippen LogP contribution in [0.15, 0.2) is 59.0 Å². The number of carbonyl (C=O) groups is 2. The fraction of sp³-hybridized carbons (Fsp3) is 0.304. The standard InChI is InChI=1S/C23H23FN6O3/c24-18-9-5-4-8-17(18)22-29-28-20(33-22)11-16-12-25-21(31)19-10-15(13-30(16)19)27-23(32)26-14-6-2-1-3-7-14/h1-9,15-16,19H,10-13H2,(H,25,31)(H2,26,27,32)/t15-,16+,19-/m0/s1. The van der Waals surface area contributed by atoms with E-state index in [0.717, 1.165) is 0 Å². The third-order valence-electron chi connectivity index (χ3n) is 5.97. The smallest absolute Gasteiger partial charge is 0.319 e. The van der Waals surface area contributed by atoms with Crippen molar-refractivity contribution in [3.8, 4) is 11.5 Å². The number of halogens is 1. The third kappa shape index (κ3) is 4.56. The van der Waals surface area contributed by atoms with E-state index in [9.17, 15) is 14.0 Å². The molecular formula is C23H23FN6O3. The maximum absolute atomic E-state index is 14.0. The molecular weight excluding hydrogens is 427 g/mol. The van der Waals surface area contributed by atoms with Gasteiger partial charge < -0.3 is 20.4 Å². The summed E-state index contributed by atoms with van der Waals surface area (Å²) in [5.41, 5.74) is 0.948. The molecule has 2 fully saturated rings. The molecule has 2 aliphatic rings. The van der Waals surface area contributed by atoms with E-state index in [0.29, 0.717) is 37.5 Å². The molecule has 3 amide bonds. The van der Waals surface area contributed by atoms with Gasteiger partial charge in [0, 0.05) is 37.3 Å².